The molecular formula is C12H10N2O3. The lowest BCUT2D eigenvalue weighted by Gasteiger charge is -1.98. The zero-order chi connectivity index (χ0) is 12.3. The Morgan fingerprint density at radius 1 is 1.18 bits per heavy atom. The van der Waals surface area contributed by atoms with Gasteiger partial charge in [0.25, 0.3) is 0 Å². The molecule has 2 rings (SSSR count). The quantitative estimate of drug-likeness (QED) is 0.546. The number of benzene rings is 1. The number of aromatic amines is 2. The SMILES string of the molecule is O=C/C(=C\c1[nH]c(=O)[nH]c1O)c1ccccc1. The fraction of sp³-hybridized carbons (Fsp3) is 0. The molecule has 0 bridgehead atoms. The van der Waals surface area contributed by atoms with Crippen LogP contribution in [-0.2, 0) is 4.79 Å². The number of carbonyl (C=O) groups excluding carboxylic acids is 1. The number of aldehydes is 1. The molecule has 0 fully saturated rings. The third-order valence-corrected chi connectivity index (χ3v) is 2.27. The highest BCUT2D eigenvalue weighted by molar-refractivity contribution is 6.13. The molecule has 2 aromatic rings. The summed E-state index contributed by atoms with van der Waals surface area (Å²) < 4.78 is 0. The summed E-state index contributed by atoms with van der Waals surface area (Å²) in [5.41, 5.74) is 0.744. The minimum absolute atomic E-state index is 0.181. The van der Waals surface area contributed by atoms with Crippen molar-refractivity contribution in [2.24, 2.45) is 0 Å². The van der Waals surface area contributed by atoms with Crippen molar-refractivity contribution < 1.29 is 9.90 Å². The zero-order valence-corrected chi connectivity index (χ0v) is 8.81. The van der Waals surface area contributed by atoms with Crippen LogP contribution in [0.15, 0.2) is 35.1 Å². The molecule has 0 saturated heterocycles. The third kappa shape index (κ3) is 2.34. The molecule has 5 heteroatoms. The fourth-order valence-corrected chi connectivity index (χ4v) is 1.46. The highest BCUT2D eigenvalue weighted by Crippen LogP contribution is 2.18. The number of H-pyrrole nitrogens is 2. The molecule has 0 unspecified atom stereocenters. The molecule has 0 radical (unpaired) electrons. The van der Waals surface area contributed by atoms with Crippen LogP contribution >= 0.6 is 0 Å². The molecule has 17 heavy (non-hydrogen) atoms. The van der Waals surface area contributed by atoms with Gasteiger partial charge in [-0.05, 0) is 11.6 Å². The Hall–Kier alpha value is -2.56. The largest absolute Gasteiger partial charge is 0.493 e. The Bertz CT molecular complexity index is 608. The number of imidazole rings is 1. The normalized spacial score (nSPS) is 11.4. The van der Waals surface area contributed by atoms with E-state index in [1.165, 1.54) is 6.08 Å². The number of hydrogen-bond donors (Lipinski definition) is 3. The van der Waals surface area contributed by atoms with E-state index in [1.807, 2.05) is 6.07 Å². The highest BCUT2D eigenvalue weighted by Gasteiger charge is 2.05. The van der Waals surface area contributed by atoms with Gasteiger partial charge in [0.15, 0.2) is 6.29 Å². The first-order valence-electron chi connectivity index (χ1n) is 4.94. The van der Waals surface area contributed by atoms with Crippen molar-refractivity contribution >= 4 is 17.9 Å². The Balaban J connectivity index is 2.47. The van der Waals surface area contributed by atoms with Gasteiger partial charge in [-0.25, -0.2) is 4.79 Å². The maximum atomic E-state index is 11.0. The monoisotopic (exact) mass is 230 g/mol. The van der Waals surface area contributed by atoms with Crippen LogP contribution in [-0.4, -0.2) is 21.4 Å². The first kappa shape index (κ1) is 10.9. The number of hydrogen-bond acceptors (Lipinski definition) is 3. The van der Waals surface area contributed by atoms with Crippen molar-refractivity contribution in [2.75, 3.05) is 0 Å². The minimum atomic E-state index is -0.521. The Labute approximate surface area is 96.4 Å². The fourth-order valence-electron chi connectivity index (χ4n) is 1.46. The summed E-state index contributed by atoms with van der Waals surface area (Å²) in [5.74, 6) is -0.287. The van der Waals surface area contributed by atoms with Crippen LogP contribution in [0.2, 0.25) is 0 Å². The van der Waals surface area contributed by atoms with Crippen LogP contribution < -0.4 is 5.69 Å². The zero-order valence-electron chi connectivity index (χ0n) is 8.81. The van der Waals surface area contributed by atoms with Crippen molar-refractivity contribution in [3.63, 3.8) is 0 Å². The van der Waals surface area contributed by atoms with Gasteiger partial charge in [-0.15, -0.1) is 0 Å². The Kier molecular flexibility index (Phi) is 2.91. The maximum absolute atomic E-state index is 11.0. The lowest BCUT2D eigenvalue weighted by molar-refractivity contribution is -0.103. The van der Waals surface area contributed by atoms with E-state index in [0.29, 0.717) is 17.4 Å². The van der Waals surface area contributed by atoms with E-state index in [0.717, 1.165) is 0 Å². The van der Waals surface area contributed by atoms with E-state index < -0.39 is 5.69 Å². The van der Waals surface area contributed by atoms with E-state index in [1.54, 1.807) is 24.3 Å². The number of carbonyl (C=O) groups is 1. The summed E-state index contributed by atoms with van der Waals surface area (Å²) in [4.78, 5) is 26.5. The lowest BCUT2D eigenvalue weighted by Crippen LogP contribution is -2.00. The van der Waals surface area contributed by atoms with Crippen molar-refractivity contribution in [1.82, 2.24) is 9.97 Å². The molecule has 0 aliphatic carbocycles. The molecule has 3 N–H and O–H groups in total. The molecule has 0 spiro atoms. The molecule has 1 aromatic heterocycles. The van der Waals surface area contributed by atoms with Crippen molar-refractivity contribution in [1.29, 1.82) is 0 Å². The molecular weight excluding hydrogens is 220 g/mol. The van der Waals surface area contributed by atoms with Gasteiger partial charge in [0.2, 0.25) is 5.88 Å². The van der Waals surface area contributed by atoms with Gasteiger partial charge in [0, 0.05) is 5.57 Å². The lowest BCUT2D eigenvalue weighted by atomic mass is 10.1. The second-order valence-corrected chi connectivity index (χ2v) is 3.42. The number of allylic oxidation sites excluding steroid dienone is 1. The highest BCUT2D eigenvalue weighted by atomic mass is 16.3. The van der Waals surface area contributed by atoms with Gasteiger partial charge in [-0.2, -0.15) is 0 Å². The van der Waals surface area contributed by atoms with Crippen molar-refractivity contribution in [3.05, 3.63) is 52.1 Å². The van der Waals surface area contributed by atoms with Gasteiger partial charge < -0.3 is 10.1 Å². The van der Waals surface area contributed by atoms with Crippen molar-refractivity contribution in [2.45, 2.75) is 0 Å². The summed E-state index contributed by atoms with van der Waals surface area (Å²) in [6.07, 6.45) is 2.08. The molecule has 1 aromatic carbocycles. The number of nitrogens with one attached hydrogen (secondary N) is 2. The molecule has 86 valence electrons. The number of aromatic nitrogens is 2. The van der Waals surface area contributed by atoms with Gasteiger partial charge in [0.05, 0.1) is 0 Å². The van der Waals surface area contributed by atoms with Gasteiger partial charge in [0.1, 0.15) is 5.69 Å². The number of aromatic hydroxyl groups is 1. The van der Waals surface area contributed by atoms with Crippen LogP contribution in [0.3, 0.4) is 0 Å². The summed E-state index contributed by atoms with van der Waals surface area (Å²) >= 11 is 0. The molecule has 0 aliphatic rings. The molecule has 0 amide bonds. The second-order valence-electron chi connectivity index (χ2n) is 3.42. The van der Waals surface area contributed by atoms with Gasteiger partial charge in [-0.1, -0.05) is 30.3 Å². The first-order valence-corrected chi connectivity index (χ1v) is 4.94. The summed E-state index contributed by atoms with van der Waals surface area (Å²) in [5, 5.41) is 9.38. The molecule has 0 atom stereocenters. The Morgan fingerprint density at radius 2 is 1.88 bits per heavy atom. The van der Waals surface area contributed by atoms with E-state index in [2.05, 4.69) is 9.97 Å². The summed E-state index contributed by atoms with van der Waals surface area (Å²) in [6.45, 7) is 0. The van der Waals surface area contributed by atoms with Crippen molar-refractivity contribution in [3.8, 4) is 5.88 Å². The van der Waals surface area contributed by atoms with E-state index in [-0.39, 0.29) is 11.6 Å². The predicted molar refractivity (Wildman–Crippen MR) is 63.5 cm³/mol. The number of rotatable bonds is 3. The second kappa shape index (κ2) is 4.52. The van der Waals surface area contributed by atoms with Gasteiger partial charge in [-0.3, -0.25) is 9.78 Å². The van der Waals surface area contributed by atoms with Crippen LogP contribution in [0.1, 0.15) is 11.3 Å². The molecule has 0 aliphatic heterocycles. The standard InChI is InChI=1S/C12H10N2O3/c15-7-9(8-4-2-1-3-5-8)6-10-11(16)14-12(17)13-10/h1-7,16H,(H2,13,14,17)/b9-6+. The first-order chi connectivity index (χ1) is 8.20. The van der Waals surface area contributed by atoms with E-state index in [4.69, 9.17) is 0 Å². The molecule has 5 nitrogen and oxygen atoms in total. The third-order valence-electron chi connectivity index (χ3n) is 2.27. The average Bonchev–Trinajstić information content (AvgIpc) is 2.66. The summed E-state index contributed by atoms with van der Waals surface area (Å²) in [6, 6.07) is 8.96. The van der Waals surface area contributed by atoms with E-state index in [9.17, 15) is 14.7 Å². The molecule has 1 heterocycles. The topological polar surface area (TPSA) is 86.0 Å². The minimum Gasteiger partial charge on any atom is -0.493 e. The Morgan fingerprint density at radius 3 is 2.41 bits per heavy atom. The average molecular weight is 230 g/mol. The van der Waals surface area contributed by atoms with E-state index >= 15 is 0 Å². The molecule has 0 saturated carbocycles. The maximum Gasteiger partial charge on any atom is 0.326 e. The van der Waals surface area contributed by atoms with Crippen LogP contribution in [0, 0.1) is 0 Å². The van der Waals surface area contributed by atoms with Gasteiger partial charge >= 0.3 is 5.69 Å². The van der Waals surface area contributed by atoms with Crippen LogP contribution in [0.4, 0.5) is 0 Å². The summed E-state index contributed by atoms with van der Waals surface area (Å²) in [7, 11) is 0. The van der Waals surface area contributed by atoms with Crippen LogP contribution in [0.25, 0.3) is 11.6 Å². The predicted octanol–water partition coefficient (Wildman–Crippen LogP) is 1.15. The smallest absolute Gasteiger partial charge is 0.326 e. The van der Waals surface area contributed by atoms with Crippen LogP contribution in [0.5, 0.6) is 5.88 Å².